The number of hydrogen-bond acceptors (Lipinski definition) is 5. The van der Waals surface area contributed by atoms with Gasteiger partial charge in [0.25, 0.3) is 5.91 Å². The monoisotopic (exact) mass is 416 g/mol. The molecule has 1 aliphatic rings. The van der Waals surface area contributed by atoms with Gasteiger partial charge in [-0.15, -0.1) is 0 Å². The van der Waals surface area contributed by atoms with E-state index < -0.39 is 23.3 Å². The molecule has 0 bridgehead atoms. The van der Waals surface area contributed by atoms with Crippen LogP contribution in [0.1, 0.15) is 48.9 Å². The number of hydrogen-bond donors (Lipinski definition) is 2. The van der Waals surface area contributed by atoms with Crippen molar-refractivity contribution in [2.24, 2.45) is 5.41 Å². The van der Waals surface area contributed by atoms with Gasteiger partial charge < -0.3 is 19.9 Å². The van der Waals surface area contributed by atoms with Crippen LogP contribution in [0, 0.1) is 18.2 Å². The van der Waals surface area contributed by atoms with Gasteiger partial charge in [-0.1, -0.05) is 26.8 Å². The number of benzene rings is 1. The molecular formula is C22H29FN4O3. The van der Waals surface area contributed by atoms with Crippen LogP contribution in [-0.4, -0.2) is 41.1 Å². The first-order valence-electron chi connectivity index (χ1n) is 10.1. The number of methoxy groups -OCH3 is 1. The third-order valence-corrected chi connectivity index (χ3v) is 5.26. The number of aromatic nitrogens is 2. The number of nitrogens with one attached hydrogen (secondary N) is 2. The van der Waals surface area contributed by atoms with Gasteiger partial charge in [-0.2, -0.15) is 0 Å². The first kappa shape index (κ1) is 22.0. The van der Waals surface area contributed by atoms with Gasteiger partial charge >= 0.3 is 5.97 Å². The second-order valence-electron chi connectivity index (χ2n) is 8.69. The van der Waals surface area contributed by atoms with Crippen LogP contribution in [0.3, 0.4) is 0 Å². The zero-order valence-corrected chi connectivity index (χ0v) is 18.1. The van der Waals surface area contributed by atoms with Gasteiger partial charge in [-0.3, -0.25) is 4.79 Å². The van der Waals surface area contributed by atoms with Crippen molar-refractivity contribution in [3.05, 3.63) is 41.0 Å². The molecule has 0 unspecified atom stereocenters. The molecule has 0 aliphatic carbocycles. The van der Waals surface area contributed by atoms with Crippen LogP contribution < -0.4 is 10.6 Å². The maximum atomic E-state index is 14.7. The van der Waals surface area contributed by atoms with E-state index in [1.54, 1.807) is 6.07 Å². The highest BCUT2D eigenvalue weighted by molar-refractivity contribution is 5.97. The summed E-state index contributed by atoms with van der Waals surface area (Å²) < 4.78 is 21.5. The van der Waals surface area contributed by atoms with Crippen molar-refractivity contribution >= 4 is 11.9 Å². The van der Waals surface area contributed by atoms with Crippen molar-refractivity contribution in [1.82, 2.24) is 20.2 Å². The molecule has 30 heavy (non-hydrogen) atoms. The maximum Gasteiger partial charge on any atom is 0.328 e. The Kier molecular flexibility index (Phi) is 6.26. The minimum absolute atomic E-state index is 0.192. The van der Waals surface area contributed by atoms with Gasteiger partial charge in [0.15, 0.2) is 5.69 Å². The van der Waals surface area contributed by atoms with E-state index >= 15 is 0 Å². The summed E-state index contributed by atoms with van der Waals surface area (Å²) in [5.41, 5.74) is 1.48. The van der Waals surface area contributed by atoms with Crippen molar-refractivity contribution in [2.75, 3.05) is 13.7 Å². The van der Waals surface area contributed by atoms with Gasteiger partial charge in [0.2, 0.25) is 0 Å². The summed E-state index contributed by atoms with van der Waals surface area (Å²) in [5, 5.41) is 6.05. The van der Waals surface area contributed by atoms with Gasteiger partial charge in [-0.05, 0) is 43.0 Å². The highest BCUT2D eigenvalue weighted by Gasteiger charge is 2.35. The fraction of sp³-hybridized carbons (Fsp3) is 0.500. The molecule has 3 rings (SSSR count). The molecule has 0 saturated heterocycles. The summed E-state index contributed by atoms with van der Waals surface area (Å²) in [6, 6.07) is 4.12. The lowest BCUT2D eigenvalue weighted by Gasteiger charge is -2.28. The first-order chi connectivity index (χ1) is 14.1. The average Bonchev–Trinajstić information content (AvgIpc) is 2.85. The zero-order valence-electron chi connectivity index (χ0n) is 18.1. The standard InChI is InChI=1S/C22H29FN4O3/c1-13-7-8-14(15(23)11-13)19-25-17(16-12-24-9-6-10-27(16)19)20(28)26-18(21(29)30-5)22(2,3)4/h7-8,11,18,24H,6,9-10,12H2,1-5H3,(H,26,28)/t18-/m1/s1. The molecule has 1 aromatic heterocycles. The molecule has 1 amide bonds. The second-order valence-corrected chi connectivity index (χ2v) is 8.69. The number of carbonyl (C=O) groups is 2. The van der Waals surface area contributed by atoms with Crippen molar-refractivity contribution < 1.29 is 18.7 Å². The summed E-state index contributed by atoms with van der Waals surface area (Å²) in [4.78, 5) is 30.0. The minimum Gasteiger partial charge on any atom is -0.467 e. The summed E-state index contributed by atoms with van der Waals surface area (Å²) in [7, 11) is 1.29. The molecule has 7 nitrogen and oxygen atoms in total. The van der Waals surface area contributed by atoms with Crippen molar-refractivity contribution in [3.8, 4) is 11.4 Å². The Balaban J connectivity index is 2.05. The molecular weight excluding hydrogens is 387 g/mol. The highest BCUT2D eigenvalue weighted by atomic mass is 19.1. The predicted octanol–water partition coefficient (Wildman–Crippen LogP) is 2.81. The lowest BCUT2D eigenvalue weighted by Crippen LogP contribution is -2.50. The Bertz CT molecular complexity index is 962. The fourth-order valence-corrected chi connectivity index (χ4v) is 3.61. The van der Waals surface area contributed by atoms with Crippen molar-refractivity contribution in [1.29, 1.82) is 0 Å². The average molecular weight is 416 g/mol. The van der Waals surface area contributed by atoms with E-state index in [1.807, 2.05) is 38.3 Å². The second kappa shape index (κ2) is 8.55. The number of aryl methyl sites for hydroxylation is 1. The summed E-state index contributed by atoms with van der Waals surface area (Å²) in [5.74, 6) is -0.966. The third-order valence-electron chi connectivity index (χ3n) is 5.26. The summed E-state index contributed by atoms with van der Waals surface area (Å²) in [6.45, 7) is 9.19. The quantitative estimate of drug-likeness (QED) is 0.749. The predicted molar refractivity (Wildman–Crippen MR) is 111 cm³/mol. The Hall–Kier alpha value is -2.74. The lowest BCUT2D eigenvalue weighted by molar-refractivity contribution is -0.145. The van der Waals surface area contributed by atoms with Gasteiger partial charge in [0.1, 0.15) is 17.7 Å². The molecule has 0 radical (unpaired) electrons. The van der Waals surface area contributed by atoms with Crippen molar-refractivity contribution in [3.63, 3.8) is 0 Å². The SMILES string of the molecule is COC(=O)[C@@H](NC(=O)c1nc(-c2ccc(C)cc2F)n2c1CNCCC2)C(C)(C)C. The maximum absolute atomic E-state index is 14.7. The molecule has 1 aromatic carbocycles. The van der Waals surface area contributed by atoms with Crippen molar-refractivity contribution in [2.45, 2.75) is 53.2 Å². The lowest BCUT2D eigenvalue weighted by atomic mass is 9.86. The molecule has 0 spiro atoms. The number of imidazole rings is 1. The molecule has 2 N–H and O–H groups in total. The molecule has 0 saturated carbocycles. The third kappa shape index (κ3) is 4.38. The molecule has 0 fully saturated rings. The van der Waals surface area contributed by atoms with E-state index in [2.05, 4.69) is 15.6 Å². The fourth-order valence-electron chi connectivity index (χ4n) is 3.61. The van der Waals surface area contributed by atoms with E-state index in [9.17, 15) is 14.0 Å². The van der Waals surface area contributed by atoms with E-state index in [4.69, 9.17) is 4.74 Å². The molecule has 1 atom stereocenters. The van der Waals surface area contributed by atoms with Gasteiger partial charge in [0.05, 0.1) is 18.4 Å². The summed E-state index contributed by atoms with van der Waals surface area (Å²) >= 11 is 0. The Morgan fingerprint density at radius 3 is 2.70 bits per heavy atom. The molecule has 8 heteroatoms. The van der Waals surface area contributed by atoms with E-state index in [0.717, 1.165) is 18.5 Å². The van der Waals surface area contributed by atoms with Crippen LogP contribution in [-0.2, 0) is 22.6 Å². The van der Waals surface area contributed by atoms with Crippen LogP contribution >= 0.6 is 0 Å². The van der Waals surface area contributed by atoms with Crippen LogP contribution in [0.4, 0.5) is 4.39 Å². The first-order valence-corrected chi connectivity index (χ1v) is 10.1. The Labute approximate surface area is 176 Å². The minimum atomic E-state index is -0.842. The molecule has 1 aliphatic heterocycles. The number of nitrogens with zero attached hydrogens (tertiary/aromatic N) is 2. The van der Waals surface area contributed by atoms with Crippen LogP contribution in [0.25, 0.3) is 11.4 Å². The number of esters is 1. The smallest absolute Gasteiger partial charge is 0.328 e. The molecule has 162 valence electrons. The highest BCUT2D eigenvalue weighted by Crippen LogP contribution is 2.28. The zero-order chi connectivity index (χ0) is 22.1. The largest absolute Gasteiger partial charge is 0.467 e. The molecule has 2 heterocycles. The van der Waals surface area contributed by atoms with Gasteiger partial charge in [-0.25, -0.2) is 14.2 Å². The van der Waals surface area contributed by atoms with Crippen LogP contribution in [0.2, 0.25) is 0 Å². The van der Waals surface area contributed by atoms with E-state index in [-0.39, 0.29) is 11.5 Å². The van der Waals surface area contributed by atoms with E-state index in [1.165, 1.54) is 13.2 Å². The van der Waals surface area contributed by atoms with E-state index in [0.29, 0.717) is 30.2 Å². The number of halogens is 1. The summed E-state index contributed by atoms with van der Waals surface area (Å²) in [6.07, 6.45) is 0.831. The van der Waals surface area contributed by atoms with Gasteiger partial charge in [0, 0.05) is 13.1 Å². The number of ether oxygens (including phenoxy) is 1. The number of carbonyl (C=O) groups excluding carboxylic acids is 2. The number of rotatable bonds is 4. The Morgan fingerprint density at radius 1 is 1.33 bits per heavy atom. The van der Waals surface area contributed by atoms with Crippen LogP contribution in [0.5, 0.6) is 0 Å². The Morgan fingerprint density at radius 2 is 2.07 bits per heavy atom. The molecule has 2 aromatic rings. The van der Waals surface area contributed by atoms with Crippen LogP contribution in [0.15, 0.2) is 18.2 Å². The topological polar surface area (TPSA) is 85.2 Å². The number of amides is 1. The normalized spacial score (nSPS) is 15.1. The number of fused-ring (bicyclic) bond motifs is 1.